The number of sulfonamides is 1. The summed E-state index contributed by atoms with van der Waals surface area (Å²) >= 11 is 0. The highest BCUT2D eigenvalue weighted by molar-refractivity contribution is 7.89. The number of rotatable bonds is 8. The van der Waals surface area contributed by atoms with E-state index in [2.05, 4.69) is 4.72 Å². The lowest BCUT2D eigenvalue weighted by molar-refractivity contribution is -0.121. The first-order chi connectivity index (χ1) is 14.3. The van der Waals surface area contributed by atoms with Crippen molar-refractivity contribution < 1.29 is 32.2 Å². The Bertz CT molecular complexity index is 1050. The summed E-state index contributed by atoms with van der Waals surface area (Å²) in [7, 11) is 0.558. The Morgan fingerprint density at radius 1 is 0.867 bits per heavy atom. The van der Waals surface area contributed by atoms with E-state index in [1.807, 2.05) is 0 Å². The zero-order valence-electron chi connectivity index (χ0n) is 16.8. The molecule has 0 unspecified atom stereocenters. The van der Waals surface area contributed by atoms with Crippen molar-refractivity contribution in [2.45, 2.75) is 24.3 Å². The van der Waals surface area contributed by atoms with Crippen molar-refractivity contribution in [3.63, 3.8) is 0 Å². The minimum Gasteiger partial charge on any atom is -0.493 e. The van der Waals surface area contributed by atoms with Gasteiger partial charge in [-0.15, -0.1) is 0 Å². The van der Waals surface area contributed by atoms with E-state index < -0.39 is 10.0 Å². The minimum absolute atomic E-state index is 0.00443. The molecule has 0 spiro atoms. The monoisotopic (exact) mass is 434 g/mol. The third-order valence-corrected chi connectivity index (χ3v) is 6.11. The predicted molar refractivity (Wildman–Crippen MR) is 108 cm³/mol. The van der Waals surface area contributed by atoms with Crippen molar-refractivity contribution in [3.8, 4) is 17.2 Å². The maximum Gasteiger partial charge on any atom is 0.240 e. The number of nitrogens with zero attached hydrogens (tertiary/aromatic N) is 1. The summed E-state index contributed by atoms with van der Waals surface area (Å²) in [4.78, 5) is 24.7. The summed E-state index contributed by atoms with van der Waals surface area (Å²) in [5, 5.41) is 0. The number of methoxy groups -OCH3 is 3. The molecule has 9 nitrogen and oxygen atoms in total. The minimum atomic E-state index is -3.85. The fraction of sp³-hybridized carbons (Fsp3) is 0.300. The van der Waals surface area contributed by atoms with Gasteiger partial charge in [0.25, 0.3) is 0 Å². The van der Waals surface area contributed by atoms with Gasteiger partial charge in [0.2, 0.25) is 27.6 Å². The molecule has 160 valence electrons. The van der Waals surface area contributed by atoms with Gasteiger partial charge in [-0.25, -0.2) is 13.1 Å². The molecular weight excluding hydrogens is 412 g/mol. The van der Waals surface area contributed by atoms with Crippen LogP contribution < -0.4 is 23.8 Å². The van der Waals surface area contributed by atoms with E-state index in [0.717, 1.165) is 4.90 Å². The van der Waals surface area contributed by atoms with Gasteiger partial charge in [-0.1, -0.05) is 6.07 Å². The molecule has 2 amide bonds. The van der Waals surface area contributed by atoms with Gasteiger partial charge in [0, 0.05) is 24.9 Å². The summed E-state index contributed by atoms with van der Waals surface area (Å²) in [5.41, 5.74) is 0.909. The molecule has 1 N–H and O–H groups in total. The number of hydrogen-bond acceptors (Lipinski definition) is 7. The van der Waals surface area contributed by atoms with E-state index in [1.165, 1.54) is 45.6 Å². The SMILES string of the molecule is COc1ccc(CNS(=O)(=O)c2ccc(N3C(=O)CCC3=O)cc2)c(OC)c1OC. The first-order valence-electron chi connectivity index (χ1n) is 9.05. The van der Waals surface area contributed by atoms with Crippen LogP contribution in [0.3, 0.4) is 0 Å². The van der Waals surface area contributed by atoms with Gasteiger partial charge in [0.15, 0.2) is 11.5 Å². The van der Waals surface area contributed by atoms with Crippen LogP contribution >= 0.6 is 0 Å². The standard InChI is InChI=1S/C20H22N2O7S/c1-27-16-9-4-13(19(28-2)20(16)29-3)12-21-30(25,26)15-7-5-14(6-8-15)22-17(23)10-11-18(22)24/h4-9,21H,10-12H2,1-3H3. The van der Waals surface area contributed by atoms with Crippen molar-refractivity contribution in [1.29, 1.82) is 0 Å². The zero-order valence-corrected chi connectivity index (χ0v) is 17.6. The van der Waals surface area contributed by atoms with Crippen molar-refractivity contribution in [3.05, 3.63) is 42.0 Å². The highest BCUT2D eigenvalue weighted by Gasteiger charge is 2.30. The molecule has 0 aromatic heterocycles. The van der Waals surface area contributed by atoms with Crippen LogP contribution in [-0.2, 0) is 26.2 Å². The van der Waals surface area contributed by atoms with E-state index in [1.54, 1.807) is 12.1 Å². The molecule has 3 rings (SSSR count). The third kappa shape index (κ3) is 4.10. The molecule has 0 radical (unpaired) electrons. The Labute approximate surface area is 174 Å². The summed E-state index contributed by atoms with van der Waals surface area (Å²) in [6, 6.07) is 8.91. The largest absolute Gasteiger partial charge is 0.493 e. The van der Waals surface area contributed by atoms with E-state index >= 15 is 0 Å². The summed E-state index contributed by atoms with van der Waals surface area (Å²) in [6.45, 7) is -0.0449. The van der Waals surface area contributed by atoms with Crippen LogP contribution in [0, 0.1) is 0 Å². The molecule has 2 aromatic carbocycles. The molecule has 0 aliphatic carbocycles. The molecule has 1 fully saturated rings. The molecule has 2 aromatic rings. The number of ether oxygens (including phenoxy) is 3. The topological polar surface area (TPSA) is 111 Å². The Hall–Kier alpha value is -3.11. The van der Waals surface area contributed by atoms with Crippen molar-refractivity contribution in [1.82, 2.24) is 4.72 Å². The summed E-state index contributed by atoms with van der Waals surface area (Å²) in [6.07, 6.45) is 0.321. The molecule has 1 aliphatic heterocycles. The van der Waals surface area contributed by atoms with Crippen LogP contribution in [0.5, 0.6) is 17.2 Å². The van der Waals surface area contributed by atoms with E-state index in [-0.39, 0.29) is 36.1 Å². The number of hydrogen-bond donors (Lipinski definition) is 1. The van der Waals surface area contributed by atoms with Gasteiger partial charge in [-0.05, 0) is 30.3 Å². The third-order valence-electron chi connectivity index (χ3n) is 4.70. The van der Waals surface area contributed by atoms with Crippen LogP contribution in [0.2, 0.25) is 0 Å². The first-order valence-corrected chi connectivity index (χ1v) is 10.5. The summed E-state index contributed by atoms with van der Waals surface area (Å²) in [5.74, 6) is 0.591. The zero-order chi connectivity index (χ0) is 21.9. The van der Waals surface area contributed by atoms with Crippen LogP contribution in [0.1, 0.15) is 18.4 Å². The predicted octanol–water partition coefficient (Wildman–Crippen LogP) is 1.84. The van der Waals surface area contributed by atoms with E-state index in [4.69, 9.17) is 14.2 Å². The lowest BCUT2D eigenvalue weighted by Crippen LogP contribution is -2.28. The average molecular weight is 434 g/mol. The maximum atomic E-state index is 12.7. The molecule has 0 bridgehead atoms. The second kappa shape index (κ2) is 8.72. The average Bonchev–Trinajstić information content (AvgIpc) is 3.09. The van der Waals surface area contributed by atoms with E-state index in [0.29, 0.717) is 28.5 Å². The van der Waals surface area contributed by atoms with Gasteiger partial charge >= 0.3 is 0 Å². The first kappa shape index (κ1) is 21.6. The fourth-order valence-electron chi connectivity index (χ4n) is 3.20. The molecule has 30 heavy (non-hydrogen) atoms. The van der Waals surface area contributed by atoms with Crippen LogP contribution in [0.15, 0.2) is 41.3 Å². The summed E-state index contributed by atoms with van der Waals surface area (Å²) < 4.78 is 43.8. The number of amides is 2. The second-order valence-corrected chi connectivity index (χ2v) is 8.20. The van der Waals surface area contributed by atoms with Gasteiger partial charge in [-0.2, -0.15) is 0 Å². The lowest BCUT2D eigenvalue weighted by atomic mass is 10.1. The maximum absolute atomic E-state index is 12.7. The number of nitrogens with one attached hydrogen (secondary N) is 1. The van der Waals surface area contributed by atoms with Crippen molar-refractivity contribution in [2.75, 3.05) is 26.2 Å². The van der Waals surface area contributed by atoms with Crippen molar-refractivity contribution in [2.24, 2.45) is 0 Å². The van der Waals surface area contributed by atoms with Crippen LogP contribution in [0.25, 0.3) is 0 Å². The molecular formula is C20H22N2O7S. The smallest absolute Gasteiger partial charge is 0.240 e. The Morgan fingerprint density at radius 3 is 2.00 bits per heavy atom. The molecule has 1 aliphatic rings. The van der Waals surface area contributed by atoms with Gasteiger partial charge in [0.05, 0.1) is 31.9 Å². The molecule has 10 heteroatoms. The Balaban J connectivity index is 1.79. The molecule has 1 heterocycles. The number of imide groups is 1. The van der Waals surface area contributed by atoms with Gasteiger partial charge in [0.1, 0.15) is 0 Å². The quantitative estimate of drug-likeness (QED) is 0.631. The molecule has 0 atom stereocenters. The Kier molecular flexibility index (Phi) is 6.28. The normalized spacial score (nSPS) is 14.2. The molecule has 1 saturated heterocycles. The molecule has 0 saturated carbocycles. The highest BCUT2D eigenvalue weighted by Crippen LogP contribution is 2.39. The lowest BCUT2D eigenvalue weighted by Gasteiger charge is -2.16. The highest BCUT2D eigenvalue weighted by atomic mass is 32.2. The van der Waals surface area contributed by atoms with Gasteiger partial charge < -0.3 is 14.2 Å². The second-order valence-electron chi connectivity index (χ2n) is 6.43. The number of benzene rings is 2. The number of carbonyl (C=O) groups excluding carboxylic acids is 2. The fourth-order valence-corrected chi connectivity index (χ4v) is 4.20. The van der Waals surface area contributed by atoms with E-state index in [9.17, 15) is 18.0 Å². The Morgan fingerprint density at radius 2 is 1.47 bits per heavy atom. The number of anilines is 1. The van der Waals surface area contributed by atoms with Crippen LogP contribution in [-0.4, -0.2) is 41.6 Å². The number of carbonyl (C=O) groups is 2. The van der Waals surface area contributed by atoms with Gasteiger partial charge in [-0.3, -0.25) is 14.5 Å². The van der Waals surface area contributed by atoms with Crippen LogP contribution in [0.4, 0.5) is 5.69 Å². The van der Waals surface area contributed by atoms with Crippen molar-refractivity contribution >= 4 is 27.5 Å².